The first kappa shape index (κ1) is 31.7. The second-order valence-electron chi connectivity index (χ2n) is 11.9. The summed E-state index contributed by atoms with van der Waals surface area (Å²) in [6, 6.07) is 23.8. The molecule has 0 spiro atoms. The first-order valence-electron chi connectivity index (χ1n) is 16.4. The summed E-state index contributed by atoms with van der Waals surface area (Å²) in [6.07, 6.45) is 4.64. The molecule has 1 fully saturated rings. The summed E-state index contributed by atoms with van der Waals surface area (Å²) in [6.45, 7) is 10.2. The van der Waals surface area contributed by atoms with Crippen LogP contribution in [0.4, 0.5) is 11.4 Å². The molecule has 1 amide bonds. The molecule has 240 valence electrons. The van der Waals surface area contributed by atoms with Gasteiger partial charge < -0.3 is 24.8 Å². The number of anilines is 2. The van der Waals surface area contributed by atoms with Crippen molar-refractivity contribution >= 4 is 23.3 Å². The number of carbonyl (C=O) groups is 2. The Hall–Kier alpha value is -4.24. The number of rotatable bonds is 12. The minimum absolute atomic E-state index is 0.174. The van der Waals surface area contributed by atoms with E-state index in [-0.39, 0.29) is 23.7 Å². The molecule has 0 unspecified atom stereocenters. The van der Waals surface area contributed by atoms with Crippen molar-refractivity contribution in [3.63, 3.8) is 0 Å². The van der Waals surface area contributed by atoms with E-state index in [9.17, 15) is 9.59 Å². The largest absolute Gasteiger partial charge is 0.463 e. The number of ether oxygens (including phenoxy) is 3. The first-order chi connectivity index (χ1) is 22.5. The number of carbonyl (C=O) groups excluding carboxylic acids is 2. The lowest BCUT2D eigenvalue weighted by Gasteiger charge is -2.36. The number of benzene rings is 3. The molecular weight excluding hydrogens is 578 g/mol. The van der Waals surface area contributed by atoms with Gasteiger partial charge in [-0.05, 0) is 60.2 Å². The van der Waals surface area contributed by atoms with E-state index < -0.39 is 23.7 Å². The van der Waals surface area contributed by atoms with E-state index in [1.165, 1.54) is 5.56 Å². The molecule has 0 saturated carbocycles. The molecule has 8 nitrogen and oxygen atoms in total. The highest BCUT2D eigenvalue weighted by atomic mass is 16.5. The van der Waals surface area contributed by atoms with Crippen molar-refractivity contribution in [2.24, 2.45) is 0 Å². The molecule has 0 aliphatic carbocycles. The topological polar surface area (TPSA) is 89.1 Å². The zero-order valence-corrected chi connectivity index (χ0v) is 26.9. The van der Waals surface area contributed by atoms with Crippen molar-refractivity contribution in [2.75, 3.05) is 43.5 Å². The van der Waals surface area contributed by atoms with Gasteiger partial charge in [-0.25, -0.2) is 4.79 Å². The second kappa shape index (κ2) is 14.0. The average Bonchev–Trinajstić information content (AvgIpc) is 3.67. The molecule has 46 heavy (non-hydrogen) atoms. The lowest BCUT2D eigenvalue weighted by molar-refractivity contribution is -0.140. The van der Waals surface area contributed by atoms with Crippen molar-refractivity contribution in [1.82, 2.24) is 4.90 Å². The van der Waals surface area contributed by atoms with Crippen LogP contribution in [0.5, 0.6) is 0 Å². The van der Waals surface area contributed by atoms with E-state index in [4.69, 9.17) is 14.2 Å². The van der Waals surface area contributed by atoms with Gasteiger partial charge in [0.15, 0.2) is 0 Å². The van der Waals surface area contributed by atoms with Crippen molar-refractivity contribution in [3.8, 4) is 0 Å². The van der Waals surface area contributed by atoms with E-state index >= 15 is 0 Å². The number of amides is 1. The fourth-order valence-corrected chi connectivity index (χ4v) is 6.75. The van der Waals surface area contributed by atoms with Gasteiger partial charge in [0.05, 0.1) is 37.0 Å². The van der Waals surface area contributed by atoms with Crippen LogP contribution in [-0.2, 0) is 43.2 Å². The first-order valence-corrected chi connectivity index (χ1v) is 16.4. The summed E-state index contributed by atoms with van der Waals surface area (Å²) in [5.41, 5.74) is 5.11. The molecular formula is C38H43N3O5. The zero-order valence-electron chi connectivity index (χ0n) is 26.9. The number of para-hydroxylation sites is 2. The van der Waals surface area contributed by atoms with Gasteiger partial charge in [0.25, 0.3) is 5.91 Å². The van der Waals surface area contributed by atoms with Gasteiger partial charge in [-0.2, -0.15) is 0 Å². The van der Waals surface area contributed by atoms with Crippen LogP contribution in [0, 0.1) is 0 Å². The zero-order chi connectivity index (χ0) is 32.1. The summed E-state index contributed by atoms with van der Waals surface area (Å²) >= 11 is 0. The van der Waals surface area contributed by atoms with E-state index in [2.05, 4.69) is 53.6 Å². The second-order valence-corrected chi connectivity index (χ2v) is 11.9. The number of esters is 1. The monoisotopic (exact) mass is 621 g/mol. The molecule has 2 bridgehead atoms. The van der Waals surface area contributed by atoms with Gasteiger partial charge in [0, 0.05) is 31.0 Å². The number of hydrogen-bond donors (Lipinski definition) is 2. The van der Waals surface area contributed by atoms with Gasteiger partial charge in [-0.1, -0.05) is 80.6 Å². The Morgan fingerprint density at radius 2 is 1.63 bits per heavy atom. The highest BCUT2D eigenvalue weighted by Crippen LogP contribution is 2.51. The minimum atomic E-state index is -1.27. The number of morpholine rings is 1. The van der Waals surface area contributed by atoms with Crippen molar-refractivity contribution in [3.05, 3.63) is 118 Å². The summed E-state index contributed by atoms with van der Waals surface area (Å²) in [7, 11) is 0. The lowest BCUT2D eigenvalue weighted by Crippen LogP contribution is -2.42. The number of aryl methyl sites for hydroxylation is 2. The van der Waals surface area contributed by atoms with E-state index in [1.807, 2.05) is 60.7 Å². The number of nitrogens with one attached hydrogen (secondary N) is 2. The highest BCUT2D eigenvalue weighted by molar-refractivity contribution is 6.13. The molecule has 3 aromatic rings. The quantitative estimate of drug-likeness (QED) is 0.189. The fourth-order valence-electron chi connectivity index (χ4n) is 6.75. The summed E-state index contributed by atoms with van der Waals surface area (Å²) in [4.78, 5) is 30.5. The molecule has 3 heterocycles. The maximum Gasteiger partial charge on any atom is 0.337 e. The van der Waals surface area contributed by atoms with Crippen LogP contribution >= 0.6 is 0 Å². The van der Waals surface area contributed by atoms with Crippen LogP contribution in [0.3, 0.4) is 0 Å². The van der Waals surface area contributed by atoms with Crippen LogP contribution in [0.15, 0.2) is 96.1 Å². The van der Waals surface area contributed by atoms with Crippen molar-refractivity contribution < 1.29 is 23.8 Å². The molecule has 2 N–H and O–H groups in total. The summed E-state index contributed by atoms with van der Waals surface area (Å²) in [5.74, 6) is -0.906. The maximum atomic E-state index is 14.2. The van der Waals surface area contributed by atoms with Crippen LogP contribution in [0.25, 0.3) is 0 Å². The number of fused-ring (bicyclic) bond motifs is 2. The van der Waals surface area contributed by atoms with Gasteiger partial charge in [-0.15, -0.1) is 0 Å². The number of hydrogen-bond acceptors (Lipinski definition) is 7. The minimum Gasteiger partial charge on any atom is -0.463 e. The Morgan fingerprint density at radius 3 is 2.28 bits per heavy atom. The molecule has 3 aromatic carbocycles. The molecule has 3 aliphatic heterocycles. The Balaban J connectivity index is 1.41. The summed E-state index contributed by atoms with van der Waals surface area (Å²) < 4.78 is 17.9. The Labute approximate surface area is 271 Å². The van der Waals surface area contributed by atoms with E-state index in [1.54, 1.807) is 6.92 Å². The molecule has 3 atom stereocenters. The third-order valence-electron chi connectivity index (χ3n) is 9.08. The van der Waals surface area contributed by atoms with Crippen LogP contribution < -0.4 is 10.6 Å². The van der Waals surface area contributed by atoms with Gasteiger partial charge in [0.2, 0.25) is 0 Å². The Kier molecular flexibility index (Phi) is 9.68. The smallest absolute Gasteiger partial charge is 0.337 e. The molecule has 3 aliphatic rings. The Bertz CT molecular complexity index is 1590. The van der Waals surface area contributed by atoms with Crippen molar-refractivity contribution in [2.45, 2.75) is 57.9 Å². The van der Waals surface area contributed by atoms with Crippen molar-refractivity contribution in [1.29, 1.82) is 0 Å². The fraction of sp³-hybridized carbons (Fsp3) is 0.368. The van der Waals surface area contributed by atoms with Crippen LogP contribution in [0.2, 0.25) is 0 Å². The molecule has 0 aromatic heterocycles. The Morgan fingerprint density at radius 1 is 0.935 bits per heavy atom. The SMILES string of the molecule is CCOC(=O)C1=C(C(=O)Nc2c(CC)cccc2CC)[C@H]2C=C[C@]1([C@H](Nc1ccccc1)c1ccc(CN3CCOCC3)cc1)O2. The third-order valence-corrected chi connectivity index (χ3v) is 9.08. The standard InChI is InChI=1S/C38H43N3O5/c1-4-27-11-10-12-28(5-2)34(27)40-36(42)32-31-19-20-38(46-31,33(32)37(43)45-6-3)35(39-30-13-8-7-9-14-30)29-17-15-26(16-18-29)25-41-21-23-44-24-22-41/h7-20,31,35,39H,4-6,21-25H2,1-3H3,(H,40,42)/t31-,35-,38+/m1/s1. The van der Waals surface area contributed by atoms with E-state index in [0.29, 0.717) is 0 Å². The predicted molar refractivity (Wildman–Crippen MR) is 180 cm³/mol. The third kappa shape index (κ3) is 6.25. The maximum absolute atomic E-state index is 14.2. The van der Waals surface area contributed by atoms with Crippen LogP contribution in [0.1, 0.15) is 49.1 Å². The van der Waals surface area contributed by atoms with Gasteiger partial charge in [0.1, 0.15) is 11.7 Å². The van der Waals surface area contributed by atoms with Gasteiger partial charge in [-0.3, -0.25) is 9.69 Å². The average molecular weight is 622 g/mol. The molecule has 1 saturated heterocycles. The normalized spacial score (nSPS) is 21.3. The summed E-state index contributed by atoms with van der Waals surface area (Å²) in [5, 5.41) is 6.83. The molecule has 0 radical (unpaired) electrons. The highest BCUT2D eigenvalue weighted by Gasteiger charge is 2.58. The lowest BCUT2D eigenvalue weighted by atomic mass is 9.78. The van der Waals surface area contributed by atoms with Crippen LogP contribution in [-0.4, -0.2) is 61.4 Å². The molecule has 6 rings (SSSR count). The number of nitrogens with zero attached hydrogens (tertiary/aromatic N) is 1. The van der Waals surface area contributed by atoms with Gasteiger partial charge >= 0.3 is 5.97 Å². The molecule has 8 heteroatoms. The van der Waals surface area contributed by atoms with E-state index in [0.717, 1.165) is 73.8 Å². The predicted octanol–water partition coefficient (Wildman–Crippen LogP) is 6.00.